The van der Waals surface area contributed by atoms with Gasteiger partial charge in [-0.3, -0.25) is 18.9 Å². The number of nitrogens with zero attached hydrogens (tertiary/aromatic N) is 6. The van der Waals surface area contributed by atoms with Crippen molar-refractivity contribution in [2.24, 2.45) is 0 Å². The lowest BCUT2D eigenvalue weighted by Gasteiger charge is -2.27. The zero-order valence-corrected chi connectivity index (χ0v) is 22.4. The average Bonchev–Trinajstić information content (AvgIpc) is 3.68. The molecule has 0 radical (unpaired) electrons. The van der Waals surface area contributed by atoms with Crippen molar-refractivity contribution >= 4 is 47.3 Å². The van der Waals surface area contributed by atoms with Crippen LogP contribution in [0.4, 0.5) is 5.95 Å². The highest BCUT2D eigenvalue weighted by molar-refractivity contribution is 7.53. The van der Waals surface area contributed by atoms with Gasteiger partial charge in [0.25, 0.3) is 5.56 Å². The van der Waals surface area contributed by atoms with Gasteiger partial charge in [-0.25, -0.2) is 15.0 Å². The molecule has 2 saturated heterocycles. The van der Waals surface area contributed by atoms with E-state index in [4.69, 9.17) is 31.3 Å². The molecule has 18 nitrogen and oxygen atoms in total. The van der Waals surface area contributed by atoms with Crippen LogP contribution in [0, 0.1) is 0 Å². The van der Waals surface area contributed by atoms with Crippen LogP contribution in [0.15, 0.2) is 29.7 Å². The molecule has 0 spiro atoms. The molecule has 4 aromatic rings. The number of ether oxygens (including phenoxy) is 2. The van der Waals surface area contributed by atoms with Crippen molar-refractivity contribution in [2.75, 3.05) is 18.9 Å². The molecule has 0 saturated carbocycles. The smallest absolute Gasteiger partial charge is 0.338 e. The summed E-state index contributed by atoms with van der Waals surface area (Å²) in [6.07, 6.45) is -6.09. The van der Waals surface area contributed by atoms with Gasteiger partial charge >= 0.3 is 7.60 Å². The molecular weight excluding hydrogens is 591 g/mol. The number of imidazole rings is 1. The van der Waals surface area contributed by atoms with E-state index in [1.165, 1.54) is 17.1 Å². The van der Waals surface area contributed by atoms with Gasteiger partial charge in [0.2, 0.25) is 5.95 Å². The van der Waals surface area contributed by atoms with E-state index in [0.29, 0.717) is 11.0 Å². The van der Waals surface area contributed by atoms with Gasteiger partial charge < -0.3 is 49.6 Å². The zero-order valence-electron chi connectivity index (χ0n) is 20.7. The number of H-pyrrole nitrogens is 1. The summed E-state index contributed by atoms with van der Waals surface area (Å²) in [6.45, 7) is -1.40. The number of aromatic amines is 1. The highest BCUT2D eigenvalue weighted by atomic mass is 35.5. The van der Waals surface area contributed by atoms with Gasteiger partial charge in [0, 0.05) is 6.20 Å². The zero-order chi connectivity index (χ0) is 29.2. The fraction of sp³-hybridized carbons (Fsp3) is 0.476. The van der Waals surface area contributed by atoms with E-state index in [2.05, 4.69) is 24.9 Å². The Hall–Kier alpha value is -3.03. The number of hydrogen-bond donors (Lipinski definition) is 7. The third-order valence-electron chi connectivity index (χ3n) is 7.11. The molecule has 41 heavy (non-hydrogen) atoms. The molecule has 20 heteroatoms. The monoisotopic (exact) mass is 614 g/mol. The molecule has 2 aliphatic heterocycles. The Morgan fingerprint density at radius 1 is 1.07 bits per heavy atom. The summed E-state index contributed by atoms with van der Waals surface area (Å²) in [5.74, 6) is -0.258. The number of nitrogen functional groups attached to an aromatic ring is 1. The number of aliphatic hydroxyl groups excluding tert-OH is 4. The third-order valence-corrected chi connectivity index (χ3v) is 9.25. The SMILES string of the molecule is Nc1nc2c(ncn2[C@@H]2O[C@H](CO)[C@@H](O)[C@H]2P(=O)(O)OC[C@H]2O[C@@H](n3ccc4c(Cl)ncnc43)[C@H](O)[C@@H]2O)c(=O)[nH]1. The molecule has 0 bridgehead atoms. The number of aliphatic hydroxyl groups is 4. The Kier molecular flexibility index (Phi) is 7.10. The summed E-state index contributed by atoms with van der Waals surface area (Å²) >= 11 is 6.09. The van der Waals surface area contributed by atoms with E-state index in [1.54, 1.807) is 6.07 Å². The summed E-state index contributed by atoms with van der Waals surface area (Å²) in [5, 5.41) is 42.5. The highest BCUT2D eigenvalue weighted by Crippen LogP contribution is 2.57. The van der Waals surface area contributed by atoms with E-state index in [9.17, 15) is 34.7 Å². The van der Waals surface area contributed by atoms with Gasteiger partial charge in [-0.1, -0.05) is 11.6 Å². The molecule has 220 valence electrons. The Labute approximate surface area is 233 Å². The Balaban J connectivity index is 1.25. The van der Waals surface area contributed by atoms with Crippen molar-refractivity contribution in [1.29, 1.82) is 0 Å². The van der Waals surface area contributed by atoms with Crippen molar-refractivity contribution in [3.63, 3.8) is 0 Å². The lowest BCUT2D eigenvalue weighted by atomic mass is 10.1. The molecule has 8 N–H and O–H groups in total. The van der Waals surface area contributed by atoms with Crippen LogP contribution in [0.1, 0.15) is 12.5 Å². The molecule has 0 aromatic carbocycles. The van der Waals surface area contributed by atoms with Gasteiger partial charge in [0.05, 0.1) is 24.9 Å². The lowest BCUT2D eigenvalue weighted by Crippen LogP contribution is -2.36. The van der Waals surface area contributed by atoms with E-state index in [1.807, 2.05) is 0 Å². The van der Waals surface area contributed by atoms with Crippen molar-refractivity contribution in [2.45, 2.75) is 48.6 Å². The summed E-state index contributed by atoms with van der Waals surface area (Å²) in [5.41, 5.74) is 3.33. The second-order valence-corrected chi connectivity index (χ2v) is 11.9. The van der Waals surface area contributed by atoms with Crippen LogP contribution in [-0.2, 0) is 18.6 Å². The summed E-state index contributed by atoms with van der Waals surface area (Å²) < 4.78 is 32.9. The first-order valence-corrected chi connectivity index (χ1v) is 14.2. The topological polar surface area (TPSA) is 266 Å². The van der Waals surface area contributed by atoms with Crippen LogP contribution in [0.2, 0.25) is 5.15 Å². The minimum absolute atomic E-state index is 0.101. The average molecular weight is 615 g/mol. The summed E-state index contributed by atoms with van der Waals surface area (Å²) in [6, 6.07) is 1.60. The second-order valence-electron chi connectivity index (χ2n) is 9.54. The number of anilines is 1. The van der Waals surface area contributed by atoms with E-state index >= 15 is 0 Å². The summed E-state index contributed by atoms with van der Waals surface area (Å²) in [4.78, 5) is 41.5. The van der Waals surface area contributed by atoms with Gasteiger partial charge in [0.15, 0.2) is 23.6 Å². The second kappa shape index (κ2) is 10.4. The van der Waals surface area contributed by atoms with Gasteiger partial charge in [-0.2, -0.15) is 4.98 Å². The van der Waals surface area contributed by atoms with Crippen molar-refractivity contribution in [1.82, 2.24) is 34.1 Å². The normalized spacial score (nSPS) is 31.8. The van der Waals surface area contributed by atoms with Crippen LogP contribution in [0.5, 0.6) is 0 Å². The van der Waals surface area contributed by atoms with Crippen molar-refractivity contribution in [3.05, 3.63) is 40.4 Å². The Bertz CT molecular complexity index is 1710. The number of nitrogens with one attached hydrogen (secondary N) is 1. The minimum Gasteiger partial charge on any atom is -0.394 e. The van der Waals surface area contributed by atoms with Crippen molar-refractivity contribution < 1.29 is 43.9 Å². The molecule has 6 heterocycles. The molecule has 9 atom stereocenters. The van der Waals surface area contributed by atoms with E-state index < -0.39 is 75.0 Å². The molecule has 0 amide bonds. The van der Waals surface area contributed by atoms with Crippen molar-refractivity contribution in [3.8, 4) is 0 Å². The first kappa shape index (κ1) is 28.1. The molecule has 1 unspecified atom stereocenters. The lowest BCUT2D eigenvalue weighted by molar-refractivity contribution is -0.0494. The van der Waals surface area contributed by atoms with Gasteiger partial charge in [-0.15, -0.1) is 0 Å². The number of rotatable bonds is 7. The molecule has 2 aliphatic rings. The predicted molar refractivity (Wildman–Crippen MR) is 138 cm³/mol. The van der Waals surface area contributed by atoms with Gasteiger partial charge in [-0.05, 0) is 6.07 Å². The van der Waals surface area contributed by atoms with Gasteiger partial charge in [0.1, 0.15) is 53.3 Å². The minimum atomic E-state index is -4.87. The predicted octanol–water partition coefficient (Wildman–Crippen LogP) is -1.76. The fourth-order valence-electron chi connectivity index (χ4n) is 5.10. The first-order chi connectivity index (χ1) is 19.5. The van der Waals surface area contributed by atoms with Crippen LogP contribution < -0.4 is 11.3 Å². The maximum Gasteiger partial charge on any atom is 0.338 e. The third kappa shape index (κ3) is 4.62. The highest BCUT2D eigenvalue weighted by Gasteiger charge is 2.55. The first-order valence-electron chi connectivity index (χ1n) is 12.1. The summed E-state index contributed by atoms with van der Waals surface area (Å²) in [7, 11) is -4.87. The number of halogens is 1. The largest absolute Gasteiger partial charge is 0.394 e. The Morgan fingerprint density at radius 2 is 1.83 bits per heavy atom. The van der Waals surface area contributed by atoms with E-state index in [-0.39, 0.29) is 22.3 Å². The van der Waals surface area contributed by atoms with E-state index in [0.717, 1.165) is 10.9 Å². The van der Waals surface area contributed by atoms with Crippen LogP contribution in [0.25, 0.3) is 22.2 Å². The molecule has 0 aliphatic carbocycles. The molecule has 4 aromatic heterocycles. The van der Waals surface area contributed by atoms with Crippen LogP contribution in [0.3, 0.4) is 0 Å². The molecule has 6 rings (SSSR count). The molecular formula is C21H24ClN8O10P. The van der Waals surface area contributed by atoms with Crippen LogP contribution in [-0.4, -0.2) is 109 Å². The van der Waals surface area contributed by atoms with Crippen LogP contribution >= 0.6 is 19.2 Å². The maximum atomic E-state index is 13.6. The number of hydrogen-bond acceptors (Lipinski definition) is 14. The number of nitrogens with two attached hydrogens (primary N) is 1. The maximum absolute atomic E-state index is 13.6. The molecule has 2 fully saturated rings. The fourth-order valence-corrected chi connectivity index (χ4v) is 6.94. The quantitative estimate of drug-likeness (QED) is 0.0897. The Morgan fingerprint density at radius 3 is 2.59 bits per heavy atom. The number of aromatic nitrogens is 7. The standard InChI is InChI=1S/C21H24ClN8O10P/c22-15-7-1-2-29(16(7)25-5-24-15)19-13(34)11(32)9(40-19)4-38-41(36,37)14-12(33)8(3-31)39-20(14)30-6-26-10-17(30)27-21(23)28-18(10)35/h1-2,5-6,8-9,11-14,19-20,31-34H,3-4H2,(H,36,37)(H3,23,27,28,35)/t8-,9-,11-,12-,13-,14-,19-,20-/m1/s1. The number of fused-ring (bicyclic) bond motifs is 2.